The number of aromatic carboxylic acids is 2. The van der Waals surface area contributed by atoms with E-state index in [4.69, 9.17) is 0 Å². The van der Waals surface area contributed by atoms with Crippen molar-refractivity contribution in [3.63, 3.8) is 0 Å². The fourth-order valence-corrected chi connectivity index (χ4v) is 3.34. The highest BCUT2D eigenvalue weighted by atomic mass is 16.4. The van der Waals surface area contributed by atoms with Crippen molar-refractivity contribution in [2.75, 3.05) is 5.32 Å². The first-order chi connectivity index (χ1) is 14.1. The molecular formula is C21H18N2O7. The Morgan fingerprint density at radius 1 is 0.867 bits per heavy atom. The van der Waals surface area contributed by atoms with Crippen LogP contribution in [0.2, 0.25) is 0 Å². The first kappa shape index (κ1) is 20.7. The SMILES string of the molecule is CC(C)C(C(=O)Nc1cc(C(=O)O)cc(C(=O)O)c1)N1C(=O)c2ccccc2C1=O. The summed E-state index contributed by atoms with van der Waals surface area (Å²) in [7, 11) is 0. The third-order valence-corrected chi connectivity index (χ3v) is 4.70. The van der Waals surface area contributed by atoms with Crippen LogP contribution in [0, 0.1) is 5.92 Å². The molecule has 3 rings (SSSR count). The zero-order valence-corrected chi connectivity index (χ0v) is 16.1. The lowest BCUT2D eigenvalue weighted by Gasteiger charge is -2.28. The third kappa shape index (κ3) is 3.64. The van der Waals surface area contributed by atoms with Crippen LogP contribution in [0.15, 0.2) is 42.5 Å². The number of carbonyl (C=O) groups excluding carboxylic acids is 3. The largest absolute Gasteiger partial charge is 0.478 e. The van der Waals surface area contributed by atoms with E-state index in [2.05, 4.69) is 5.32 Å². The summed E-state index contributed by atoms with van der Waals surface area (Å²) in [6, 6.07) is 8.22. The van der Waals surface area contributed by atoms with Gasteiger partial charge in [-0.25, -0.2) is 9.59 Å². The summed E-state index contributed by atoms with van der Waals surface area (Å²) < 4.78 is 0. The maximum atomic E-state index is 13.0. The Labute approximate surface area is 170 Å². The summed E-state index contributed by atoms with van der Waals surface area (Å²) in [5.74, 6) is -5.14. The quantitative estimate of drug-likeness (QED) is 0.621. The van der Waals surface area contributed by atoms with Crippen molar-refractivity contribution in [1.82, 2.24) is 4.90 Å². The average Bonchev–Trinajstić information content (AvgIpc) is 2.93. The van der Waals surface area contributed by atoms with Crippen molar-refractivity contribution in [3.8, 4) is 0 Å². The molecule has 1 aliphatic heterocycles. The lowest BCUT2D eigenvalue weighted by molar-refractivity contribution is -0.121. The first-order valence-electron chi connectivity index (χ1n) is 9.01. The van der Waals surface area contributed by atoms with E-state index in [1.807, 2.05) is 0 Å². The van der Waals surface area contributed by atoms with Gasteiger partial charge in [-0.1, -0.05) is 26.0 Å². The van der Waals surface area contributed by atoms with Crippen molar-refractivity contribution in [1.29, 1.82) is 0 Å². The van der Waals surface area contributed by atoms with Gasteiger partial charge in [-0.15, -0.1) is 0 Å². The van der Waals surface area contributed by atoms with E-state index in [0.29, 0.717) is 0 Å². The number of benzene rings is 2. The second-order valence-corrected chi connectivity index (χ2v) is 7.11. The molecule has 0 aliphatic carbocycles. The van der Waals surface area contributed by atoms with Crippen LogP contribution in [0.4, 0.5) is 5.69 Å². The molecule has 0 fully saturated rings. The zero-order chi connectivity index (χ0) is 22.2. The summed E-state index contributed by atoms with van der Waals surface area (Å²) in [6.07, 6.45) is 0. The molecule has 1 unspecified atom stereocenters. The Kier molecular flexibility index (Phi) is 5.37. The van der Waals surface area contributed by atoms with E-state index < -0.39 is 41.6 Å². The van der Waals surface area contributed by atoms with E-state index in [-0.39, 0.29) is 27.9 Å². The highest BCUT2D eigenvalue weighted by molar-refractivity contribution is 6.23. The molecule has 1 atom stereocenters. The predicted octanol–water partition coefficient (Wildman–Crippen LogP) is 2.34. The number of amides is 3. The third-order valence-electron chi connectivity index (χ3n) is 4.70. The van der Waals surface area contributed by atoms with Crippen LogP contribution in [0.25, 0.3) is 0 Å². The van der Waals surface area contributed by atoms with Gasteiger partial charge in [0.1, 0.15) is 6.04 Å². The van der Waals surface area contributed by atoms with Gasteiger partial charge < -0.3 is 15.5 Å². The smallest absolute Gasteiger partial charge is 0.335 e. The highest BCUT2D eigenvalue weighted by Crippen LogP contribution is 2.28. The van der Waals surface area contributed by atoms with E-state index in [1.54, 1.807) is 26.0 Å². The summed E-state index contributed by atoms with van der Waals surface area (Å²) in [5, 5.41) is 20.8. The number of fused-ring (bicyclic) bond motifs is 1. The Balaban J connectivity index is 1.95. The van der Waals surface area contributed by atoms with E-state index in [9.17, 15) is 34.2 Å². The number of carboxylic acids is 2. The summed E-state index contributed by atoms with van der Waals surface area (Å²) >= 11 is 0. The second-order valence-electron chi connectivity index (χ2n) is 7.11. The average molecular weight is 410 g/mol. The molecule has 1 aliphatic rings. The van der Waals surface area contributed by atoms with Gasteiger partial charge in [-0.2, -0.15) is 0 Å². The molecule has 9 nitrogen and oxygen atoms in total. The second kappa shape index (κ2) is 7.78. The molecule has 3 N–H and O–H groups in total. The molecule has 1 heterocycles. The standard InChI is InChI=1S/C21H18N2O7/c1-10(2)16(23-18(25)14-5-3-4-6-15(14)19(23)26)17(24)22-13-8-11(20(27)28)7-12(9-13)21(29)30/h3-10,16H,1-2H3,(H,22,24)(H,27,28)(H,29,30). The molecule has 154 valence electrons. The number of anilines is 1. The molecule has 0 bridgehead atoms. The number of carboxylic acid groups (broad SMARTS) is 2. The summed E-state index contributed by atoms with van der Waals surface area (Å²) in [6.45, 7) is 3.31. The summed E-state index contributed by atoms with van der Waals surface area (Å²) in [5.41, 5.74) is -0.331. The number of nitrogens with one attached hydrogen (secondary N) is 1. The number of carbonyl (C=O) groups is 5. The van der Waals surface area contributed by atoms with E-state index >= 15 is 0 Å². The maximum absolute atomic E-state index is 13.0. The maximum Gasteiger partial charge on any atom is 0.335 e. The van der Waals surface area contributed by atoms with Gasteiger partial charge >= 0.3 is 11.9 Å². The number of hydrogen-bond donors (Lipinski definition) is 3. The number of nitrogens with zero attached hydrogens (tertiary/aromatic N) is 1. The zero-order valence-electron chi connectivity index (χ0n) is 16.1. The molecule has 2 aromatic rings. The number of rotatable bonds is 6. The molecule has 0 saturated carbocycles. The van der Waals surface area contributed by atoms with Crippen LogP contribution in [0.1, 0.15) is 55.3 Å². The van der Waals surface area contributed by atoms with Crippen molar-refractivity contribution in [3.05, 3.63) is 64.7 Å². The first-order valence-corrected chi connectivity index (χ1v) is 9.01. The topological polar surface area (TPSA) is 141 Å². The normalized spacial score (nSPS) is 13.9. The lowest BCUT2D eigenvalue weighted by Crippen LogP contribution is -2.50. The summed E-state index contributed by atoms with van der Waals surface area (Å²) in [4.78, 5) is 62.0. The number of hydrogen-bond acceptors (Lipinski definition) is 5. The highest BCUT2D eigenvalue weighted by Gasteiger charge is 2.43. The monoisotopic (exact) mass is 410 g/mol. The molecule has 0 aromatic heterocycles. The van der Waals surface area contributed by atoms with Gasteiger partial charge in [0, 0.05) is 5.69 Å². The van der Waals surface area contributed by atoms with Gasteiger partial charge in [0.25, 0.3) is 11.8 Å². The van der Waals surface area contributed by atoms with Crippen molar-refractivity contribution >= 4 is 35.3 Å². The van der Waals surface area contributed by atoms with Crippen LogP contribution >= 0.6 is 0 Å². The molecule has 0 spiro atoms. The minimum Gasteiger partial charge on any atom is -0.478 e. The molecular weight excluding hydrogens is 392 g/mol. The fraction of sp³-hybridized carbons (Fsp3) is 0.190. The van der Waals surface area contributed by atoms with Gasteiger partial charge in [0.2, 0.25) is 5.91 Å². The van der Waals surface area contributed by atoms with Gasteiger partial charge in [-0.05, 0) is 36.2 Å². The van der Waals surface area contributed by atoms with Crippen LogP contribution in [-0.4, -0.2) is 50.8 Å². The molecule has 0 saturated heterocycles. The van der Waals surface area contributed by atoms with Crippen LogP contribution in [-0.2, 0) is 4.79 Å². The van der Waals surface area contributed by atoms with E-state index in [0.717, 1.165) is 23.1 Å². The van der Waals surface area contributed by atoms with Gasteiger partial charge in [0.05, 0.1) is 22.3 Å². The molecule has 0 radical (unpaired) electrons. The minimum absolute atomic E-state index is 0.0699. The Hall–Kier alpha value is -4.01. The van der Waals surface area contributed by atoms with Crippen LogP contribution in [0.5, 0.6) is 0 Å². The van der Waals surface area contributed by atoms with Crippen molar-refractivity contribution in [2.45, 2.75) is 19.9 Å². The van der Waals surface area contributed by atoms with Crippen molar-refractivity contribution < 1.29 is 34.2 Å². The van der Waals surface area contributed by atoms with Gasteiger partial charge in [-0.3, -0.25) is 19.3 Å². The van der Waals surface area contributed by atoms with Crippen molar-refractivity contribution in [2.24, 2.45) is 5.92 Å². The lowest BCUT2D eigenvalue weighted by atomic mass is 10.0. The molecule has 3 amide bonds. The molecule has 9 heteroatoms. The van der Waals surface area contributed by atoms with E-state index in [1.165, 1.54) is 12.1 Å². The Morgan fingerprint density at radius 3 is 1.73 bits per heavy atom. The predicted molar refractivity (Wildman–Crippen MR) is 105 cm³/mol. The molecule has 2 aromatic carbocycles. The van der Waals surface area contributed by atoms with Crippen LogP contribution in [0.3, 0.4) is 0 Å². The Morgan fingerprint density at radius 2 is 1.33 bits per heavy atom. The minimum atomic E-state index is -1.37. The fourth-order valence-electron chi connectivity index (χ4n) is 3.34. The number of imide groups is 1. The van der Waals surface area contributed by atoms with Crippen LogP contribution < -0.4 is 5.32 Å². The Bertz CT molecular complexity index is 1020. The van der Waals surface area contributed by atoms with Gasteiger partial charge in [0.15, 0.2) is 0 Å². The molecule has 30 heavy (non-hydrogen) atoms.